The van der Waals surface area contributed by atoms with E-state index in [-0.39, 0.29) is 44.4 Å². The Bertz CT molecular complexity index is 780. The molecule has 4 nitrogen and oxygen atoms in total. The molecule has 150 valence electrons. The van der Waals surface area contributed by atoms with Crippen LogP contribution in [0.4, 0.5) is 0 Å². The average Bonchev–Trinajstić information content (AvgIpc) is 2.58. The quantitative estimate of drug-likeness (QED) is 0.220. The lowest BCUT2D eigenvalue weighted by atomic mass is 10.2. The molecule has 0 atom stereocenters. The molecular formula is C18H12Cl6O4. The van der Waals surface area contributed by atoms with Crippen molar-refractivity contribution < 1.29 is 19.1 Å². The minimum atomic E-state index is -0.539. The predicted molar refractivity (Wildman–Crippen MR) is 113 cm³/mol. The van der Waals surface area contributed by atoms with Crippen molar-refractivity contribution in [1.82, 2.24) is 0 Å². The first-order valence-corrected chi connectivity index (χ1v) is 10.1. The maximum Gasteiger partial charge on any atom is 0.311 e. The fraction of sp³-hybridized carbons (Fsp3) is 0.222. The van der Waals surface area contributed by atoms with E-state index in [1.165, 1.54) is 24.3 Å². The van der Waals surface area contributed by atoms with E-state index in [1.807, 2.05) is 0 Å². The first-order chi connectivity index (χ1) is 13.2. The second-order valence-electron chi connectivity index (χ2n) is 5.55. The van der Waals surface area contributed by atoms with Crippen molar-refractivity contribution in [3.8, 4) is 11.5 Å². The second-order valence-corrected chi connectivity index (χ2v) is 8.05. The summed E-state index contributed by atoms with van der Waals surface area (Å²) in [5.41, 5.74) is 0. The number of ether oxygens (including phenoxy) is 2. The molecule has 0 aromatic heterocycles. The van der Waals surface area contributed by atoms with Crippen LogP contribution in [0.5, 0.6) is 11.5 Å². The Morgan fingerprint density at radius 2 is 0.893 bits per heavy atom. The summed E-state index contributed by atoms with van der Waals surface area (Å²) in [6.07, 6.45) is 0.897. The molecule has 0 amide bonds. The van der Waals surface area contributed by atoms with Crippen LogP contribution in [0.2, 0.25) is 30.1 Å². The van der Waals surface area contributed by atoms with E-state index in [9.17, 15) is 9.59 Å². The van der Waals surface area contributed by atoms with Crippen LogP contribution in [0.15, 0.2) is 24.3 Å². The molecule has 0 aliphatic rings. The topological polar surface area (TPSA) is 52.6 Å². The summed E-state index contributed by atoms with van der Waals surface area (Å²) < 4.78 is 10.3. The summed E-state index contributed by atoms with van der Waals surface area (Å²) >= 11 is 35.4. The number of carbonyl (C=O) groups excluding carboxylic acids is 2. The van der Waals surface area contributed by atoms with Crippen molar-refractivity contribution in [3.05, 3.63) is 54.4 Å². The number of benzene rings is 2. The lowest BCUT2D eigenvalue weighted by Gasteiger charge is -2.09. The number of rotatable bonds is 7. The SMILES string of the molecule is O=C(CCCCC(=O)Oc1c(Cl)cc(Cl)cc1Cl)Oc1c(Cl)cc(Cl)cc1Cl. The van der Waals surface area contributed by atoms with Gasteiger partial charge >= 0.3 is 11.9 Å². The molecule has 0 aliphatic carbocycles. The lowest BCUT2D eigenvalue weighted by Crippen LogP contribution is -2.11. The molecule has 0 bridgehead atoms. The largest absolute Gasteiger partial charge is 0.423 e. The van der Waals surface area contributed by atoms with Crippen LogP contribution < -0.4 is 9.47 Å². The zero-order valence-electron chi connectivity index (χ0n) is 14.0. The van der Waals surface area contributed by atoms with E-state index in [4.69, 9.17) is 79.1 Å². The van der Waals surface area contributed by atoms with Crippen molar-refractivity contribution in [2.75, 3.05) is 0 Å². The Balaban J connectivity index is 1.78. The molecular weight excluding hydrogens is 493 g/mol. The van der Waals surface area contributed by atoms with E-state index >= 15 is 0 Å². The lowest BCUT2D eigenvalue weighted by molar-refractivity contribution is -0.136. The number of esters is 2. The van der Waals surface area contributed by atoms with Crippen LogP contribution in [-0.2, 0) is 9.59 Å². The number of hydrogen-bond acceptors (Lipinski definition) is 4. The van der Waals surface area contributed by atoms with Gasteiger partial charge in [0.25, 0.3) is 0 Å². The molecule has 0 spiro atoms. The first kappa shape index (κ1) is 23.4. The molecule has 10 heteroatoms. The van der Waals surface area contributed by atoms with Crippen molar-refractivity contribution in [2.24, 2.45) is 0 Å². The van der Waals surface area contributed by atoms with Crippen molar-refractivity contribution >= 4 is 81.5 Å². The minimum absolute atomic E-state index is 0.0455. The average molecular weight is 505 g/mol. The van der Waals surface area contributed by atoms with Gasteiger partial charge in [0.05, 0.1) is 20.1 Å². The third kappa shape index (κ3) is 6.87. The van der Waals surface area contributed by atoms with Gasteiger partial charge in [-0.2, -0.15) is 0 Å². The van der Waals surface area contributed by atoms with Gasteiger partial charge in [-0.05, 0) is 37.1 Å². The van der Waals surface area contributed by atoms with E-state index in [1.54, 1.807) is 0 Å². The standard InChI is InChI=1S/C18H12Cl6O4/c19-9-5-11(21)17(12(22)6-9)27-15(25)3-1-2-4-16(26)28-18-13(23)7-10(20)8-14(18)24/h5-8H,1-4H2. The van der Waals surface area contributed by atoms with Crippen LogP contribution in [-0.4, -0.2) is 11.9 Å². The van der Waals surface area contributed by atoms with Crippen molar-refractivity contribution in [3.63, 3.8) is 0 Å². The maximum atomic E-state index is 11.9. The van der Waals surface area contributed by atoms with Gasteiger partial charge < -0.3 is 9.47 Å². The van der Waals surface area contributed by atoms with E-state index in [0.717, 1.165) is 0 Å². The molecule has 0 unspecified atom stereocenters. The third-order valence-corrected chi connectivity index (χ3v) is 4.93. The monoisotopic (exact) mass is 502 g/mol. The molecule has 2 aromatic rings. The summed E-state index contributed by atoms with van der Waals surface area (Å²) in [4.78, 5) is 23.8. The fourth-order valence-corrected chi connectivity index (χ4v) is 3.91. The van der Waals surface area contributed by atoms with Crippen LogP contribution in [0, 0.1) is 0 Å². The highest BCUT2D eigenvalue weighted by molar-refractivity contribution is 6.41. The smallest absolute Gasteiger partial charge is 0.311 e. The summed E-state index contributed by atoms with van der Waals surface area (Å²) in [6.45, 7) is 0. The Morgan fingerprint density at radius 1 is 0.607 bits per heavy atom. The Hall–Kier alpha value is -0.880. The normalized spacial score (nSPS) is 10.6. The Kier molecular flexibility index (Phi) is 9.00. The summed E-state index contributed by atoms with van der Waals surface area (Å²) in [6, 6.07) is 5.67. The maximum absolute atomic E-state index is 11.9. The van der Waals surface area contributed by atoms with Gasteiger partial charge in [-0.25, -0.2) is 0 Å². The van der Waals surface area contributed by atoms with Gasteiger partial charge in [0.2, 0.25) is 0 Å². The molecule has 0 aliphatic heterocycles. The molecule has 28 heavy (non-hydrogen) atoms. The number of halogens is 6. The first-order valence-electron chi connectivity index (χ1n) is 7.88. The highest BCUT2D eigenvalue weighted by Gasteiger charge is 2.16. The zero-order chi connectivity index (χ0) is 20.8. The van der Waals surface area contributed by atoms with E-state index in [0.29, 0.717) is 22.9 Å². The summed E-state index contributed by atoms with van der Waals surface area (Å²) in [7, 11) is 0. The van der Waals surface area contributed by atoms with Crippen LogP contribution in [0.3, 0.4) is 0 Å². The molecule has 0 saturated carbocycles. The van der Waals surface area contributed by atoms with Gasteiger partial charge in [-0.15, -0.1) is 0 Å². The predicted octanol–water partition coefficient (Wildman–Crippen LogP) is 7.68. The van der Waals surface area contributed by atoms with Gasteiger partial charge in [-0.1, -0.05) is 69.6 Å². The van der Waals surface area contributed by atoms with Crippen LogP contribution in [0.25, 0.3) is 0 Å². The van der Waals surface area contributed by atoms with Crippen molar-refractivity contribution in [2.45, 2.75) is 25.7 Å². The fourth-order valence-electron chi connectivity index (χ4n) is 2.12. The molecule has 2 aromatic carbocycles. The number of unbranched alkanes of at least 4 members (excludes halogenated alkanes) is 1. The second kappa shape index (κ2) is 10.8. The van der Waals surface area contributed by atoms with Gasteiger partial charge in [0.1, 0.15) is 0 Å². The third-order valence-electron chi connectivity index (χ3n) is 3.37. The summed E-state index contributed by atoms with van der Waals surface area (Å²) in [5, 5.41) is 1.18. The van der Waals surface area contributed by atoms with Crippen LogP contribution >= 0.6 is 69.6 Å². The molecule has 0 heterocycles. The van der Waals surface area contributed by atoms with Gasteiger partial charge in [0, 0.05) is 22.9 Å². The Morgan fingerprint density at radius 3 is 1.18 bits per heavy atom. The number of carbonyl (C=O) groups is 2. The molecule has 0 saturated heterocycles. The van der Waals surface area contributed by atoms with E-state index < -0.39 is 11.9 Å². The molecule has 0 radical (unpaired) electrons. The highest BCUT2D eigenvalue weighted by atomic mass is 35.5. The minimum Gasteiger partial charge on any atom is -0.423 e. The number of hydrogen-bond donors (Lipinski definition) is 0. The zero-order valence-corrected chi connectivity index (χ0v) is 18.6. The summed E-state index contributed by atoms with van der Waals surface area (Å²) in [5.74, 6) is -0.986. The van der Waals surface area contributed by atoms with Crippen molar-refractivity contribution in [1.29, 1.82) is 0 Å². The molecule has 0 N–H and O–H groups in total. The van der Waals surface area contributed by atoms with Crippen LogP contribution in [0.1, 0.15) is 25.7 Å². The van der Waals surface area contributed by atoms with E-state index in [2.05, 4.69) is 0 Å². The van der Waals surface area contributed by atoms with Gasteiger partial charge in [-0.3, -0.25) is 9.59 Å². The molecule has 0 fully saturated rings. The molecule has 2 rings (SSSR count). The van der Waals surface area contributed by atoms with Gasteiger partial charge in [0.15, 0.2) is 11.5 Å². The Labute approximate surface area is 191 Å². The highest BCUT2D eigenvalue weighted by Crippen LogP contribution is 2.37.